The van der Waals surface area contributed by atoms with Gasteiger partial charge in [-0.3, -0.25) is 0 Å². The summed E-state index contributed by atoms with van der Waals surface area (Å²) in [4.78, 5) is 0. The van der Waals surface area contributed by atoms with Gasteiger partial charge < -0.3 is 0 Å². The lowest BCUT2D eigenvalue weighted by molar-refractivity contribution is -0.137. The highest BCUT2D eigenvalue weighted by Crippen LogP contribution is 2.39. The van der Waals surface area contributed by atoms with Crippen LogP contribution in [0.25, 0.3) is 10.8 Å². The molecule has 0 heterocycles. The molecule has 1 aliphatic carbocycles. The van der Waals surface area contributed by atoms with E-state index in [1.54, 1.807) is 6.07 Å². The predicted octanol–water partition coefficient (Wildman–Crippen LogP) is 10.0. The molecule has 3 aromatic rings. The summed E-state index contributed by atoms with van der Waals surface area (Å²) in [7, 11) is 0. The summed E-state index contributed by atoms with van der Waals surface area (Å²) < 4.78 is 53.4. The highest BCUT2D eigenvalue weighted by molar-refractivity contribution is 5.85. The summed E-state index contributed by atoms with van der Waals surface area (Å²) in [6, 6.07) is 14.2. The van der Waals surface area contributed by atoms with E-state index in [0.717, 1.165) is 23.4 Å². The molecule has 0 bridgehead atoms. The molecule has 1 fully saturated rings. The van der Waals surface area contributed by atoms with Crippen LogP contribution in [0, 0.1) is 23.6 Å². The molecule has 0 unspecified atom stereocenters. The van der Waals surface area contributed by atoms with Gasteiger partial charge >= 0.3 is 6.18 Å². The van der Waals surface area contributed by atoms with Crippen molar-refractivity contribution >= 4 is 10.8 Å². The topological polar surface area (TPSA) is 0 Å². The smallest absolute Gasteiger partial charge is 0.205 e. The van der Waals surface area contributed by atoms with Crippen LogP contribution in [-0.2, 0) is 6.18 Å². The maximum atomic E-state index is 15.2. The molecule has 0 saturated heterocycles. The summed E-state index contributed by atoms with van der Waals surface area (Å²) in [5.74, 6) is 6.57. The number of benzene rings is 3. The molecule has 0 aromatic heterocycles. The second kappa shape index (κ2) is 12.0. The van der Waals surface area contributed by atoms with Gasteiger partial charge in [-0.15, -0.1) is 0 Å². The zero-order valence-electron chi connectivity index (χ0n) is 20.9. The van der Waals surface area contributed by atoms with Gasteiger partial charge in [0, 0.05) is 10.9 Å². The maximum absolute atomic E-state index is 15.2. The molecule has 0 amide bonds. The van der Waals surface area contributed by atoms with Crippen molar-refractivity contribution in [2.24, 2.45) is 5.92 Å². The van der Waals surface area contributed by atoms with Crippen molar-refractivity contribution in [2.45, 2.75) is 83.2 Å². The van der Waals surface area contributed by atoms with Crippen LogP contribution in [-0.4, -0.2) is 0 Å². The van der Waals surface area contributed by atoms with E-state index < -0.39 is 11.7 Å². The minimum Gasteiger partial charge on any atom is -0.205 e. The molecule has 190 valence electrons. The average molecular weight is 495 g/mol. The molecule has 0 atom stereocenters. The number of rotatable bonds is 7. The van der Waals surface area contributed by atoms with E-state index in [1.165, 1.54) is 81.9 Å². The van der Waals surface area contributed by atoms with Crippen LogP contribution in [0.3, 0.4) is 0 Å². The molecule has 3 aromatic carbocycles. The first-order valence-corrected chi connectivity index (χ1v) is 13.3. The standard InChI is InChI=1S/C32H34F4/c1-2-3-4-5-6-7-23-8-13-25(14-9-23)27-18-21-30-28(22-27)17-16-26(31(30)33)15-10-24-11-19-29(20-12-24)32(34,35)36/h11-12,16-23,25H,2-9,13-14H2,1H3. The van der Waals surface area contributed by atoms with Crippen molar-refractivity contribution in [2.75, 3.05) is 0 Å². The number of halogens is 4. The van der Waals surface area contributed by atoms with E-state index in [0.29, 0.717) is 16.9 Å². The normalized spacial score (nSPS) is 18.1. The van der Waals surface area contributed by atoms with Crippen LogP contribution in [0.5, 0.6) is 0 Å². The van der Waals surface area contributed by atoms with Gasteiger partial charge in [0.05, 0.1) is 11.1 Å². The second-order valence-corrected chi connectivity index (χ2v) is 10.2. The zero-order valence-corrected chi connectivity index (χ0v) is 20.9. The molecule has 36 heavy (non-hydrogen) atoms. The van der Waals surface area contributed by atoms with Gasteiger partial charge in [-0.25, -0.2) is 4.39 Å². The van der Waals surface area contributed by atoms with Gasteiger partial charge in [0.25, 0.3) is 0 Å². The second-order valence-electron chi connectivity index (χ2n) is 10.2. The van der Waals surface area contributed by atoms with Crippen LogP contribution >= 0.6 is 0 Å². The minimum atomic E-state index is -4.39. The first kappa shape index (κ1) is 26.3. The lowest BCUT2D eigenvalue weighted by atomic mass is 9.76. The lowest BCUT2D eigenvalue weighted by Gasteiger charge is -2.29. The van der Waals surface area contributed by atoms with Crippen molar-refractivity contribution in [3.05, 3.63) is 82.7 Å². The van der Waals surface area contributed by atoms with E-state index in [9.17, 15) is 13.2 Å². The number of unbranched alkanes of at least 4 members (excludes halogenated alkanes) is 4. The van der Waals surface area contributed by atoms with Crippen LogP contribution in [0.2, 0.25) is 0 Å². The first-order chi connectivity index (χ1) is 17.3. The Morgan fingerprint density at radius 3 is 2.22 bits per heavy atom. The maximum Gasteiger partial charge on any atom is 0.416 e. The Balaban J connectivity index is 1.39. The largest absolute Gasteiger partial charge is 0.416 e. The van der Waals surface area contributed by atoms with Gasteiger partial charge in [-0.1, -0.05) is 81.6 Å². The Morgan fingerprint density at radius 2 is 1.53 bits per heavy atom. The Hall–Kier alpha value is -2.80. The fourth-order valence-electron chi connectivity index (χ4n) is 5.36. The molecule has 0 aliphatic heterocycles. The Kier molecular flexibility index (Phi) is 8.72. The van der Waals surface area contributed by atoms with Gasteiger partial charge in [0.1, 0.15) is 5.82 Å². The van der Waals surface area contributed by atoms with Crippen molar-refractivity contribution < 1.29 is 17.6 Å². The third-order valence-electron chi connectivity index (χ3n) is 7.57. The number of hydrogen-bond donors (Lipinski definition) is 0. The summed E-state index contributed by atoms with van der Waals surface area (Å²) in [6.45, 7) is 2.25. The summed E-state index contributed by atoms with van der Waals surface area (Å²) in [6.07, 6.45) is 8.65. The molecular formula is C32H34F4. The first-order valence-electron chi connectivity index (χ1n) is 13.3. The number of alkyl halides is 3. The van der Waals surface area contributed by atoms with E-state index in [1.807, 2.05) is 18.2 Å². The molecule has 4 heteroatoms. The molecule has 1 saturated carbocycles. The third kappa shape index (κ3) is 6.69. The van der Waals surface area contributed by atoms with E-state index in [2.05, 4.69) is 24.8 Å². The quantitative estimate of drug-likeness (QED) is 0.174. The van der Waals surface area contributed by atoms with Crippen LogP contribution < -0.4 is 0 Å². The molecule has 0 N–H and O–H groups in total. The minimum absolute atomic E-state index is 0.245. The highest BCUT2D eigenvalue weighted by atomic mass is 19.4. The van der Waals surface area contributed by atoms with Gasteiger partial charge in [0.15, 0.2) is 0 Å². The molecule has 0 nitrogen and oxygen atoms in total. The predicted molar refractivity (Wildman–Crippen MR) is 139 cm³/mol. The van der Waals surface area contributed by atoms with Gasteiger partial charge in [-0.2, -0.15) is 13.2 Å². The van der Waals surface area contributed by atoms with Crippen molar-refractivity contribution in [1.82, 2.24) is 0 Å². The Labute approximate surface area is 212 Å². The molecule has 0 radical (unpaired) electrons. The average Bonchev–Trinajstić information content (AvgIpc) is 2.88. The number of hydrogen-bond acceptors (Lipinski definition) is 0. The Bertz CT molecular complexity index is 1200. The summed E-state index contributed by atoms with van der Waals surface area (Å²) >= 11 is 0. The van der Waals surface area contributed by atoms with Crippen molar-refractivity contribution in [1.29, 1.82) is 0 Å². The molecule has 0 spiro atoms. The van der Waals surface area contributed by atoms with Crippen LogP contribution in [0.15, 0.2) is 54.6 Å². The van der Waals surface area contributed by atoms with Gasteiger partial charge in [-0.05, 0) is 78.8 Å². The lowest BCUT2D eigenvalue weighted by Crippen LogP contribution is -2.13. The summed E-state index contributed by atoms with van der Waals surface area (Å²) in [5, 5.41) is 1.39. The van der Waals surface area contributed by atoms with Crippen molar-refractivity contribution in [3.8, 4) is 11.8 Å². The highest BCUT2D eigenvalue weighted by Gasteiger charge is 2.29. The van der Waals surface area contributed by atoms with Crippen LogP contribution in [0.4, 0.5) is 17.6 Å². The van der Waals surface area contributed by atoms with Crippen LogP contribution in [0.1, 0.15) is 99.3 Å². The zero-order chi connectivity index (χ0) is 25.5. The van der Waals surface area contributed by atoms with E-state index in [4.69, 9.17) is 0 Å². The monoisotopic (exact) mass is 494 g/mol. The number of fused-ring (bicyclic) bond motifs is 1. The fraction of sp³-hybridized carbons (Fsp3) is 0.438. The van der Waals surface area contributed by atoms with Crippen molar-refractivity contribution in [3.63, 3.8) is 0 Å². The fourth-order valence-corrected chi connectivity index (χ4v) is 5.36. The Morgan fingerprint density at radius 1 is 0.806 bits per heavy atom. The van der Waals surface area contributed by atoms with E-state index >= 15 is 4.39 Å². The summed E-state index contributed by atoms with van der Waals surface area (Å²) in [5.41, 5.74) is 1.22. The molecule has 4 rings (SSSR count). The third-order valence-corrected chi connectivity index (χ3v) is 7.57. The molecule has 1 aliphatic rings. The SMILES string of the molecule is CCCCCCCC1CCC(c2ccc3c(F)c(C#Cc4ccc(C(F)(F)F)cc4)ccc3c2)CC1. The van der Waals surface area contributed by atoms with Gasteiger partial charge in [0.2, 0.25) is 0 Å². The van der Waals surface area contributed by atoms with E-state index in [-0.39, 0.29) is 11.4 Å². The molecular weight excluding hydrogens is 460 g/mol.